The number of carbonyl (C=O) groups is 1. The molecule has 0 amide bonds. The largest absolute Gasteiger partial charge is 0.493 e. The number of benzene rings is 1. The molecule has 2 atom stereocenters. The summed E-state index contributed by atoms with van der Waals surface area (Å²) in [6, 6.07) is 3.95. The fraction of sp³-hybridized carbons (Fsp3) is 0.500. The van der Waals surface area contributed by atoms with E-state index in [9.17, 15) is 4.79 Å². The zero-order chi connectivity index (χ0) is 13.6. The van der Waals surface area contributed by atoms with Crippen molar-refractivity contribution in [3.8, 4) is 11.5 Å². The van der Waals surface area contributed by atoms with Crippen LogP contribution in [0.2, 0.25) is 0 Å². The summed E-state index contributed by atoms with van der Waals surface area (Å²) in [4.78, 5) is 11.9. The molecule has 5 nitrogen and oxygen atoms in total. The Morgan fingerprint density at radius 1 is 1.26 bits per heavy atom. The van der Waals surface area contributed by atoms with Crippen LogP contribution in [0, 0.1) is 0 Å². The summed E-state index contributed by atoms with van der Waals surface area (Å²) in [5.41, 5.74) is 1.78. The maximum absolute atomic E-state index is 11.9. The van der Waals surface area contributed by atoms with Crippen LogP contribution < -0.4 is 14.8 Å². The molecule has 19 heavy (non-hydrogen) atoms. The molecule has 5 heteroatoms. The quantitative estimate of drug-likeness (QED) is 0.831. The van der Waals surface area contributed by atoms with E-state index in [2.05, 4.69) is 5.32 Å². The number of methoxy groups -OCH3 is 3. The highest BCUT2D eigenvalue weighted by Gasteiger charge is 2.63. The Hall–Kier alpha value is -1.75. The monoisotopic (exact) mass is 263 g/mol. The van der Waals surface area contributed by atoms with E-state index in [1.165, 1.54) is 7.11 Å². The van der Waals surface area contributed by atoms with E-state index >= 15 is 0 Å². The fourth-order valence-corrected chi connectivity index (χ4v) is 2.98. The van der Waals surface area contributed by atoms with Crippen LogP contribution in [-0.4, -0.2) is 32.8 Å². The maximum atomic E-state index is 11.9. The van der Waals surface area contributed by atoms with E-state index in [0.29, 0.717) is 18.0 Å². The average molecular weight is 263 g/mol. The van der Waals surface area contributed by atoms with E-state index in [0.717, 1.165) is 17.5 Å². The van der Waals surface area contributed by atoms with E-state index in [-0.39, 0.29) is 11.9 Å². The van der Waals surface area contributed by atoms with Gasteiger partial charge >= 0.3 is 5.97 Å². The van der Waals surface area contributed by atoms with Crippen molar-refractivity contribution in [1.82, 2.24) is 5.32 Å². The molecule has 1 saturated carbocycles. The molecule has 2 unspecified atom stereocenters. The van der Waals surface area contributed by atoms with Gasteiger partial charge in [0.05, 0.1) is 21.3 Å². The second kappa shape index (κ2) is 4.13. The van der Waals surface area contributed by atoms with Crippen molar-refractivity contribution in [2.75, 3.05) is 21.3 Å². The summed E-state index contributed by atoms with van der Waals surface area (Å²) >= 11 is 0. The Labute approximate surface area is 111 Å². The van der Waals surface area contributed by atoms with Crippen LogP contribution in [0.5, 0.6) is 11.5 Å². The Kier molecular flexibility index (Phi) is 2.67. The molecule has 0 spiro atoms. The number of hydrogen-bond acceptors (Lipinski definition) is 5. The van der Waals surface area contributed by atoms with E-state index in [1.54, 1.807) is 14.2 Å². The van der Waals surface area contributed by atoms with Gasteiger partial charge in [0, 0.05) is 12.5 Å². The van der Waals surface area contributed by atoms with E-state index < -0.39 is 5.54 Å². The first-order chi connectivity index (χ1) is 9.16. The van der Waals surface area contributed by atoms with Crippen LogP contribution in [0.15, 0.2) is 12.1 Å². The zero-order valence-corrected chi connectivity index (χ0v) is 11.3. The maximum Gasteiger partial charge on any atom is 0.326 e. The van der Waals surface area contributed by atoms with Crippen LogP contribution in [-0.2, 0) is 16.1 Å². The molecule has 102 valence electrons. The molecular weight excluding hydrogens is 246 g/mol. The molecule has 1 aromatic carbocycles. The normalized spacial score (nSPS) is 27.0. The smallest absolute Gasteiger partial charge is 0.326 e. The minimum absolute atomic E-state index is 0.170. The highest BCUT2D eigenvalue weighted by Crippen LogP contribution is 2.56. The van der Waals surface area contributed by atoms with Gasteiger partial charge in [-0.2, -0.15) is 0 Å². The lowest BCUT2D eigenvalue weighted by atomic mass is 9.95. The van der Waals surface area contributed by atoms with Crippen LogP contribution in [0.25, 0.3) is 0 Å². The molecule has 0 aromatic heterocycles. The van der Waals surface area contributed by atoms with Gasteiger partial charge in [0.15, 0.2) is 11.5 Å². The molecule has 3 rings (SSSR count). The van der Waals surface area contributed by atoms with Crippen molar-refractivity contribution in [2.45, 2.75) is 24.4 Å². The predicted octanol–water partition coefficient (Wildman–Crippen LogP) is 1.21. The van der Waals surface area contributed by atoms with Gasteiger partial charge in [-0.1, -0.05) is 0 Å². The Bertz CT molecular complexity index is 542. The van der Waals surface area contributed by atoms with Crippen molar-refractivity contribution < 1.29 is 19.0 Å². The van der Waals surface area contributed by atoms with Gasteiger partial charge in [-0.25, -0.2) is 0 Å². The molecule has 1 heterocycles. The van der Waals surface area contributed by atoms with Crippen LogP contribution in [0.3, 0.4) is 0 Å². The second-order valence-electron chi connectivity index (χ2n) is 4.98. The number of nitrogens with one attached hydrogen (secondary N) is 1. The molecule has 2 aliphatic rings. The van der Waals surface area contributed by atoms with Crippen molar-refractivity contribution in [2.24, 2.45) is 0 Å². The van der Waals surface area contributed by atoms with Crippen molar-refractivity contribution in [3.05, 3.63) is 23.3 Å². The number of carbonyl (C=O) groups excluding carboxylic acids is 1. The molecule has 0 radical (unpaired) electrons. The van der Waals surface area contributed by atoms with Crippen molar-refractivity contribution in [3.63, 3.8) is 0 Å². The summed E-state index contributed by atoms with van der Waals surface area (Å²) in [6.45, 7) is 0.640. The molecular formula is C14H17NO4. The minimum atomic E-state index is -0.526. The van der Waals surface area contributed by atoms with Gasteiger partial charge in [-0.15, -0.1) is 0 Å². The van der Waals surface area contributed by atoms with Gasteiger partial charge in [0.1, 0.15) is 5.54 Å². The fourth-order valence-electron chi connectivity index (χ4n) is 2.98. The lowest BCUT2D eigenvalue weighted by Gasteiger charge is -2.25. The number of hydrogen-bond donors (Lipinski definition) is 1. The van der Waals surface area contributed by atoms with Gasteiger partial charge in [-0.3, -0.25) is 10.1 Å². The molecule has 1 N–H and O–H groups in total. The van der Waals surface area contributed by atoms with Crippen molar-refractivity contribution in [1.29, 1.82) is 0 Å². The molecule has 0 saturated heterocycles. The van der Waals surface area contributed by atoms with Crippen LogP contribution in [0.1, 0.15) is 23.5 Å². The Morgan fingerprint density at radius 3 is 2.58 bits per heavy atom. The summed E-state index contributed by atoms with van der Waals surface area (Å²) in [6.07, 6.45) is 0.780. The number of fused-ring (bicyclic) bond motifs is 3. The van der Waals surface area contributed by atoms with Crippen LogP contribution in [0.4, 0.5) is 0 Å². The molecule has 1 fully saturated rings. The third-order valence-corrected chi connectivity index (χ3v) is 4.13. The summed E-state index contributed by atoms with van der Waals surface area (Å²) in [7, 11) is 4.67. The first-order valence-electron chi connectivity index (χ1n) is 6.24. The zero-order valence-electron chi connectivity index (χ0n) is 11.3. The standard InChI is InChI=1S/C14H17NO4/c1-17-11-4-8-7-15-14(13(16)19-3)6-10(14)9(8)5-12(11)18-2/h4-5,10,15H,6-7H2,1-3H3. The highest BCUT2D eigenvalue weighted by molar-refractivity contribution is 5.87. The van der Waals surface area contributed by atoms with Gasteiger partial charge in [0.2, 0.25) is 0 Å². The third kappa shape index (κ3) is 1.61. The average Bonchev–Trinajstić information content (AvgIpc) is 3.21. The number of ether oxygens (including phenoxy) is 3. The summed E-state index contributed by atoms with van der Waals surface area (Å²) in [5.74, 6) is 1.41. The van der Waals surface area contributed by atoms with Crippen molar-refractivity contribution >= 4 is 5.97 Å². The summed E-state index contributed by atoms with van der Waals surface area (Å²) < 4.78 is 15.5. The Morgan fingerprint density at radius 2 is 1.95 bits per heavy atom. The lowest BCUT2D eigenvalue weighted by molar-refractivity contribution is -0.144. The third-order valence-electron chi connectivity index (χ3n) is 4.13. The Balaban J connectivity index is 2.00. The first kappa shape index (κ1) is 12.3. The van der Waals surface area contributed by atoms with Crippen LogP contribution >= 0.6 is 0 Å². The topological polar surface area (TPSA) is 56.8 Å². The second-order valence-corrected chi connectivity index (χ2v) is 4.98. The lowest BCUT2D eigenvalue weighted by Crippen LogP contribution is -2.43. The predicted molar refractivity (Wildman–Crippen MR) is 68.5 cm³/mol. The number of esters is 1. The first-order valence-corrected chi connectivity index (χ1v) is 6.24. The highest BCUT2D eigenvalue weighted by atomic mass is 16.5. The molecule has 0 bridgehead atoms. The van der Waals surface area contributed by atoms with Gasteiger partial charge in [-0.05, 0) is 29.7 Å². The molecule has 1 aliphatic heterocycles. The SMILES string of the molecule is COC(=O)C12CC1c1cc(OC)c(OC)cc1CN2. The molecule has 1 aromatic rings. The molecule has 1 aliphatic carbocycles. The van der Waals surface area contributed by atoms with Gasteiger partial charge < -0.3 is 14.2 Å². The van der Waals surface area contributed by atoms with E-state index in [1.807, 2.05) is 12.1 Å². The van der Waals surface area contributed by atoms with Gasteiger partial charge in [0.25, 0.3) is 0 Å². The minimum Gasteiger partial charge on any atom is -0.493 e. The van der Waals surface area contributed by atoms with E-state index in [4.69, 9.17) is 14.2 Å². The summed E-state index contributed by atoms with van der Waals surface area (Å²) in [5, 5.41) is 3.29. The number of rotatable bonds is 3.